The zero-order valence-corrected chi connectivity index (χ0v) is 50.7. The summed E-state index contributed by atoms with van der Waals surface area (Å²) < 4.78 is 0. The van der Waals surface area contributed by atoms with Gasteiger partial charge in [0.25, 0.3) is 0 Å². The van der Waals surface area contributed by atoms with Crippen LogP contribution in [-0.4, -0.2) is 270 Å². The summed E-state index contributed by atoms with van der Waals surface area (Å²) in [6, 6.07) is 2.85. The maximum absolute atomic E-state index is 14.1. The molecule has 3 aliphatic heterocycles. The standard InChI is InChI=1S/C58H92N14O16/c1-2-3-4-5-6-7-8-10-16-47(73)72(25-14-11-15-45(53(84)85)60-58(88)61-46(54(86)87)21-22-48(74)75)71-34-32-69(33-35-71)57-63-55(62-56(64-57)68-23-12-9-13-24-68)59-43-19-17-42(18-20-43)36-44-37-67(40-51(80)81)29-28-65(38-49(76)77)26-27-66(39-50(78)79)30-31-70(44)41-52(82)83/h17-20,44-46H,2-16,21-41H2,1H3,(H,74,75)(H,76,77)(H,78,79)(H,80,81)(H,82,83)(H,84,85)(H,86,87)(H2,60,61,88)(H,59,62,63,64)/t44?,45-,46-/m0/s1. The number of carboxylic acids is 7. The number of carbonyl (C=O) groups is 9. The first kappa shape index (κ1) is 71.2. The Morgan fingerprint density at radius 2 is 1.03 bits per heavy atom. The average molecular weight is 1240 g/mol. The predicted molar refractivity (Wildman–Crippen MR) is 323 cm³/mol. The van der Waals surface area contributed by atoms with Crippen LogP contribution in [0.2, 0.25) is 0 Å². The van der Waals surface area contributed by atoms with Gasteiger partial charge in [0.2, 0.25) is 23.8 Å². The zero-order valence-electron chi connectivity index (χ0n) is 50.7. The van der Waals surface area contributed by atoms with E-state index in [0.717, 1.165) is 70.0 Å². The molecular formula is C58H92N14O16. The molecule has 3 amide bonds. The Morgan fingerprint density at radius 1 is 0.523 bits per heavy atom. The first-order chi connectivity index (χ1) is 42.1. The maximum atomic E-state index is 14.1. The molecule has 3 saturated heterocycles. The highest BCUT2D eigenvalue weighted by Crippen LogP contribution is 2.25. The Hall–Kier alpha value is -7.54. The summed E-state index contributed by atoms with van der Waals surface area (Å²) in [6.45, 7) is 5.35. The van der Waals surface area contributed by atoms with E-state index in [2.05, 4.69) is 27.8 Å². The summed E-state index contributed by atoms with van der Waals surface area (Å²) in [7, 11) is 0. The highest BCUT2D eigenvalue weighted by molar-refractivity contribution is 5.86. The predicted octanol–water partition coefficient (Wildman–Crippen LogP) is 2.71. The number of hydrazine groups is 1. The van der Waals surface area contributed by atoms with Gasteiger partial charge in [0.1, 0.15) is 12.1 Å². The molecule has 1 unspecified atom stereocenters. The summed E-state index contributed by atoms with van der Waals surface area (Å²) in [6.07, 6.45) is 11.8. The SMILES string of the molecule is CCCCCCCCCCC(=O)N(CCCC[C@H](NC(=O)N[C@@H](CCC(=O)O)C(=O)O)C(=O)O)N1CCN(c2nc(Nc3ccc(CC4CN(CC(=O)O)CCN(CC(=O)O)CCN(CC(=O)O)CCN4CC(=O)O)cc3)nc(N3CCCCC3)n2)CC1. The Morgan fingerprint density at radius 3 is 1.58 bits per heavy atom. The van der Waals surface area contributed by atoms with Crippen molar-refractivity contribution < 1.29 is 78.9 Å². The molecule has 2 aromatic rings. The van der Waals surface area contributed by atoms with Gasteiger partial charge in [0.15, 0.2) is 0 Å². The number of unbranched alkanes of at least 4 members (excludes halogenated alkanes) is 8. The molecule has 3 aliphatic rings. The second kappa shape index (κ2) is 38.0. The number of piperazine rings is 1. The van der Waals surface area contributed by atoms with Crippen LogP contribution in [0, 0.1) is 0 Å². The third-order valence-corrected chi connectivity index (χ3v) is 15.9. The van der Waals surface area contributed by atoms with Gasteiger partial charge < -0.3 is 61.5 Å². The van der Waals surface area contributed by atoms with E-state index in [4.69, 9.17) is 20.1 Å². The van der Waals surface area contributed by atoms with Crippen LogP contribution in [0.5, 0.6) is 0 Å². The second-order valence-corrected chi connectivity index (χ2v) is 22.8. The summed E-state index contributed by atoms with van der Waals surface area (Å²) in [5.74, 6) is -7.30. The van der Waals surface area contributed by atoms with Gasteiger partial charge >= 0.3 is 47.8 Å². The van der Waals surface area contributed by atoms with Gasteiger partial charge in [-0.3, -0.25) is 53.4 Å². The molecule has 1 aromatic heterocycles. The van der Waals surface area contributed by atoms with Crippen molar-refractivity contribution >= 4 is 77.3 Å². The van der Waals surface area contributed by atoms with Crippen molar-refractivity contribution in [3.05, 3.63) is 29.8 Å². The largest absolute Gasteiger partial charge is 0.481 e. The number of rotatable bonds is 36. The molecule has 490 valence electrons. The number of hydrogen-bond donors (Lipinski definition) is 10. The minimum absolute atomic E-state index is 0.0253. The Kier molecular flexibility index (Phi) is 30.8. The first-order valence-electron chi connectivity index (χ1n) is 30.9. The van der Waals surface area contributed by atoms with Crippen molar-refractivity contribution in [2.24, 2.45) is 0 Å². The molecule has 10 N–H and O–H groups in total. The highest BCUT2D eigenvalue weighted by Gasteiger charge is 2.31. The fourth-order valence-corrected chi connectivity index (χ4v) is 11.1. The number of carbonyl (C=O) groups excluding carboxylic acids is 2. The number of anilines is 4. The van der Waals surface area contributed by atoms with Crippen molar-refractivity contribution in [1.29, 1.82) is 0 Å². The van der Waals surface area contributed by atoms with Crippen molar-refractivity contribution in [1.82, 2.24) is 55.2 Å². The molecule has 30 nitrogen and oxygen atoms in total. The van der Waals surface area contributed by atoms with Gasteiger partial charge in [-0.1, -0.05) is 64.0 Å². The van der Waals surface area contributed by atoms with Crippen molar-refractivity contribution in [2.75, 3.05) is 133 Å². The van der Waals surface area contributed by atoms with E-state index >= 15 is 0 Å². The maximum Gasteiger partial charge on any atom is 0.326 e. The molecule has 0 spiro atoms. The Labute approximate surface area is 513 Å². The van der Waals surface area contributed by atoms with Crippen LogP contribution in [0.3, 0.4) is 0 Å². The number of amides is 3. The van der Waals surface area contributed by atoms with E-state index in [1.165, 1.54) is 12.8 Å². The number of nitrogens with zero attached hydrogens (tertiary/aromatic N) is 11. The molecule has 1 aromatic carbocycles. The van der Waals surface area contributed by atoms with E-state index in [-0.39, 0.29) is 103 Å². The molecule has 0 saturated carbocycles. The van der Waals surface area contributed by atoms with Crippen molar-refractivity contribution in [3.63, 3.8) is 0 Å². The normalized spacial score (nSPS) is 17.8. The monoisotopic (exact) mass is 1240 g/mol. The van der Waals surface area contributed by atoms with Crippen LogP contribution in [0.25, 0.3) is 0 Å². The third kappa shape index (κ3) is 26.4. The quantitative estimate of drug-likeness (QED) is 0.0438. The van der Waals surface area contributed by atoms with Gasteiger partial charge in [-0.05, 0) is 75.5 Å². The Bertz CT molecular complexity index is 2570. The number of aromatic nitrogens is 3. The fourth-order valence-electron chi connectivity index (χ4n) is 11.1. The van der Waals surface area contributed by atoms with Gasteiger partial charge in [-0.2, -0.15) is 15.0 Å². The zero-order chi connectivity index (χ0) is 64.0. The summed E-state index contributed by atoms with van der Waals surface area (Å²) in [5.41, 5.74) is 1.42. The number of nitrogens with one attached hydrogen (secondary N) is 3. The fraction of sp³-hybridized carbons (Fsp3) is 0.690. The van der Waals surface area contributed by atoms with Crippen LogP contribution in [0.15, 0.2) is 24.3 Å². The number of aliphatic carboxylic acids is 7. The molecule has 30 heteroatoms. The van der Waals surface area contributed by atoms with Gasteiger partial charge in [-0.25, -0.2) is 19.4 Å². The number of benzene rings is 1. The van der Waals surface area contributed by atoms with E-state index in [1.807, 2.05) is 34.2 Å². The minimum Gasteiger partial charge on any atom is -0.481 e. The van der Waals surface area contributed by atoms with Crippen LogP contribution < -0.4 is 25.8 Å². The molecule has 0 radical (unpaired) electrons. The topological polar surface area (TPSA) is 396 Å². The number of hydrogen-bond acceptors (Lipinski definition) is 20. The first-order valence-corrected chi connectivity index (χ1v) is 30.9. The molecule has 4 heterocycles. The molecule has 0 bridgehead atoms. The Balaban J connectivity index is 1.31. The second-order valence-electron chi connectivity index (χ2n) is 22.8. The average Bonchev–Trinajstić information content (AvgIpc) is 3.22. The van der Waals surface area contributed by atoms with Crippen LogP contribution >= 0.6 is 0 Å². The van der Waals surface area contributed by atoms with Crippen LogP contribution in [0.4, 0.5) is 28.3 Å². The molecule has 5 rings (SSSR count). The lowest BCUT2D eigenvalue weighted by atomic mass is 10.0. The van der Waals surface area contributed by atoms with E-state index in [0.29, 0.717) is 63.0 Å². The summed E-state index contributed by atoms with van der Waals surface area (Å²) in [5, 5.41) is 79.3. The lowest BCUT2D eigenvalue weighted by Gasteiger charge is -2.41. The molecule has 3 fully saturated rings. The van der Waals surface area contributed by atoms with E-state index < -0.39 is 85.3 Å². The molecule has 3 atom stereocenters. The minimum atomic E-state index is -1.54. The van der Waals surface area contributed by atoms with Gasteiger partial charge in [0, 0.05) is 116 Å². The van der Waals surface area contributed by atoms with Crippen molar-refractivity contribution in [3.8, 4) is 0 Å². The molecule has 0 aliphatic carbocycles. The van der Waals surface area contributed by atoms with E-state index in [9.17, 15) is 73.8 Å². The van der Waals surface area contributed by atoms with Gasteiger partial charge in [-0.15, -0.1) is 0 Å². The molecular weight excluding hydrogens is 1150 g/mol. The smallest absolute Gasteiger partial charge is 0.326 e. The van der Waals surface area contributed by atoms with Crippen molar-refractivity contribution in [2.45, 2.75) is 141 Å². The highest BCUT2D eigenvalue weighted by atomic mass is 16.4. The lowest BCUT2D eigenvalue weighted by molar-refractivity contribution is -0.150. The lowest BCUT2D eigenvalue weighted by Crippen LogP contribution is -2.56. The van der Waals surface area contributed by atoms with Crippen LogP contribution in [-0.2, 0) is 44.8 Å². The van der Waals surface area contributed by atoms with E-state index in [1.54, 1.807) is 24.6 Å². The van der Waals surface area contributed by atoms with Crippen LogP contribution in [0.1, 0.15) is 122 Å². The summed E-state index contributed by atoms with van der Waals surface area (Å²) >= 11 is 0. The number of urea groups is 1. The molecule has 88 heavy (non-hydrogen) atoms. The third-order valence-electron chi connectivity index (χ3n) is 15.9. The van der Waals surface area contributed by atoms with Gasteiger partial charge in [0.05, 0.1) is 26.2 Å². The number of piperidine rings is 1. The number of carboxylic acid groups (broad SMARTS) is 7. The summed E-state index contributed by atoms with van der Waals surface area (Å²) in [4.78, 5) is 135.